The van der Waals surface area contributed by atoms with Crippen molar-refractivity contribution in [3.05, 3.63) is 70.5 Å². The number of rotatable bonds is 5. The minimum absolute atomic E-state index is 0.0434. The number of hydrogen-bond acceptors (Lipinski definition) is 2. The minimum Gasteiger partial charge on any atom is -0.350 e. The second kappa shape index (κ2) is 7.38. The summed E-state index contributed by atoms with van der Waals surface area (Å²) in [4.78, 5) is 14.1. The van der Waals surface area contributed by atoms with Crippen LogP contribution in [0.2, 0.25) is 5.02 Å². The number of amides is 1. The van der Waals surface area contributed by atoms with Crippen molar-refractivity contribution in [2.24, 2.45) is 0 Å². The van der Waals surface area contributed by atoms with E-state index in [0.29, 0.717) is 17.1 Å². The van der Waals surface area contributed by atoms with Crippen LogP contribution in [-0.4, -0.2) is 31.4 Å². The Balaban J connectivity index is 2.08. The standard InChI is InChI=1S/C17H18ClFN2O/c1-21(2)16(14-5-3-4-6-15(14)18)11-20-17(22)12-7-9-13(19)10-8-12/h3-10,16H,11H2,1-2H3,(H,20,22). The van der Waals surface area contributed by atoms with Crippen molar-refractivity contribution in [3.63, 3.8) is 0 Å². The molecule has 5 heteroatoms. The summed E-state index contributed by atoms with van der Waals surface area (Å²) in [5.74, 6) is -0.599. The third-order valence-corrected chi connectivity index (χ3v) is 3.79. The van der Waals surface area contributed by atoms with E-state index < -0.39 is 0 Å². The highest BCUT2D eigenvalue weighted by Crippen LogP contribution is 2.25. The van der Waals surface area contributed by atoms with Crippen LogP contribution < -0.4 is 5.32 Å². The largest absolute Gasteiger partial charge is 0.350 e. The Morgan fingerprint density at radius 1 is 1.18 bits per heavy atom. The topological polar surface area (TPSA) is 32.3 Å². The molecule has 2 rings (SSSR count). The second-order valence-electron chi connectivity index (χ2n) is 5.22. The first-order valence-corrected chi connectivity index (χ1v) is 7.31. The summed E-state index contributed by atoms with van der Waals surface area (Å²) in [7, 11) is 3.86. The van der Waals surface area contributed by atoms with Gasteiger partial charge in [0.05, 0.1) is 6.04 Å². The van der Waals surface area contributed by atoms with Crippen LogP contribution in [0, 0.1) is 5.82 Å². The van der Waals surface area contributed by atoms with Crippen LogP contribution in [0.1, 0.15) is 22.0 Å². The van der Waals surface area contributed by atoms with Gasteiger partial charge in [0.1, 0.15) is 5.82 Å². The summed E-state index contributed by atoms with van der Waals surface area (Å²) in [6.07, 6.45) is 0. The van der Waals surface area contributed by atoms with Crippen molar-refractivity contribution >= 4 is 17.5 Å². The average molecular weight is 321 g/mol. The summed E-state index contributed by atoms with van der Waals surface area (Å²) in [6, 6.07) is 13.0. The van der Waals surface area contributed by atoms with Gasteiger partial charge in [-0.25, -0.2) is 4.39 Å². The molecule has 3 nitrogen and oxygen atoms in total. The SMILES string of the molecule is CN(C)C(CNC(=O)c1ccc(F)cc1)c1ccccc1Cl. The number of carbonyl (C=O) groups excluding carboxylic acids is 1. The Kier molecular flexibility index (Phi) is 5.52. The third-order valence-electron chi connectivity index (χ3n) is 3.45. The fourth-order valence-corrected chi connectivity index (χ4v) is 2.47. The van der Waals surface area contributed by atoms with Crippen LogP contribution in [0.15, 0.2) is 48.5 Å². The summed E-state index contributed by atoms with van der Waals surface area (Å²) in [5.41, 5.74) is 1.38. The Labute approximate surface area is 134 Å². The maximum atomic E-state index is 12.9. The van der Waals surface area contributed by atoms with Crippen LogP contribution in [-0.2, 0) is 0 Å². The molecule has 0 aliphatic rings. The molecule has 0 radical (unpaired) electrons. The first-order chi connectivity index (χ1) is 10.5. The van der Waals surface area contributed by atoms with Crippen molar-refractivity contribution in [2.75, 3.05) is 20.6 Å². The van der Waals surface area contributed by atoms with Gasteiger partial charge >= 0.3 is 0 Å². The van der Waals surface area contributed by atoms with E-state index in [2.05, 4.69) is 5.32 Å². The number of hydrogen-bond donors (Lipinski definition) is 1. The number of benzene rings is 2. The van der Waals surface area contributed by atoms with E-state index in [9.17, 15) is 9.18 Å². The van der Waals surface area contributed by atoms with E-state index in [1.807, 2.05) is 43.3 Å². The van der Waals surface area contributed by atoms with Gasteiger partial charge in [0, 0.05) is 17.1 Å². The van der Waals surface area contributed by atoms with Crippen molar-refractivity contribution in [3.8, 4) is 0 Å². The zero-order chi connectivity index (χ0) is 16.1. The zero-order valence-corrected chi connectivity index (χ0v) is 13.3. The van der Waals surface area contributed by atoms with Gasteiger partial charge in [0.15, 0.2) is 0 Å². The molecule has 1 unspecified atom stereocenters. The highest BCUT2D eigenvalue weighted by atomic mass is 35.5. The van der Waals surface area contributed by atoms with Crippen molar-refractivity contribution in [1.29, 1.82) is 0 Å². The molecule has 0 aliphatic heterocycles. The molecule has 0 spiro atoms. The summed E-state index contributed by atoms with van der Waals surface area (Å²) < 4.78 is 12.9. The summed E-state index contributed by atoms with van der Waals surface area (Å²) in [5, 5.41) is 3.53. The molecule has 0 saturated carbocycles. The molecule has 2 aromatic rings. The molecular formula is C17H18ClFN2O. The monoisotopic (exact) mass is 320 g/mol. The lowest BCUT2D eigenvalue weighted by Gasteiger charge is -2.26. The molecule has 1 N–H and O–H groups in total. The van der Waals surface area contributed by atoms with Gasteiger partial charge in [-0.1, -0.05) is 29.8 Å². The Morgan fingerprint density at radius 3 is 2.41 bits per heavy atom. The minimum atomic E-state index is -0.362. The molecule has 0 fully saturated rings. The normalized spacial score (nSPS) is 12.2. The first kappa shape index (κ1) is 16.5. The van der Waals surface area contributed by atoms with E-state index in [-0.39, 0.29) is 17.8 Å². The van der Waals surface area contributed by atoms with Gasteiger partial charge in [0.25, 0.3) is 5.91 Å². The molecule has 1 atom stereocenters. The van der Waals surface area contributed by atoms with E-state index in [4.69, 9.17) is 11.6 Å². The van der Waals surface area contributed by atoms with Crippen LogP contribution >= 0.6 is 11.6 Å². The highest BCUT2D eigenvalue weighted by molar-refractivity contribution is 6.31. The number of halogens is 2. The van der Waals surface area contributed by atoms with Gasteiger partial charge in [-0.3, -0.25) is 4.79 Å². The van der Waals surface area contributed by atoms with Gasteiger partial charge in [0.2, 0.25) is 0 Å². The summed E-state index contributed by atoms with van der Waals surface area (Å²) in [6.45, 7) is 0.410. The van der Waals surface area contributed by atoms with Gasteiger partial charge in [-0.05, 0) is 50.0 Å². The summed E-state index contributed by atoms with van der Waals surface area (Å²) >= 11 is 6.23. The smallest absolute Gasteiger partial charge is 0.251 e. The fraction of sp³-hybridized carbons (Fsp3) is 0.235. The number of nitrogens with one attached hydrogen (secondary N) is 1. The van der Waals surface area contributed by atoms with E-state index >= 15 is 0 Å². The second-order valence-corrected chi connectivity index (χ2v) is 5.63. The average Bonchev–Trinajstić information content (AvgIpc) is 2.49. The molecular weight excluding hydrogens is 303 g/mol. The molecule has 1 amide bonds. The lowest BCUT2D eigenvalue weighted by atomic mass is 10.1. The van der Waals surface area contributed by atoms with Crippen LogP contribution in [0.25, 0.3) is 0 Å². The molecule has 0 heterocycles. The van der Waals surface area contributed by atoms with E-state index in [0.717, 1.165) is 5.56 Å². The lowest BCUT2D eigenvalue weighted by Crippen LogP contribution is -2.34. The quantitative estimate of drug-likeness (QED) is 0.914. The maximum Gasteiger partial charge on any atom is 0.251 e. The predicted octanol–water partition coefficient (Wildman–Crippen LogP) is 3.51. The third kappa shape index (κ3) is 4.06. The molecule has 0 aliphatic carbocycles. The molecule has 0 saturated heterocycles. The van der Waals surface area contributed by atoms with Gasteiger partial charge in [-0.15, -0.1) is 0 Å². The molecule has 116 valence electrons. The lowest BCUT2D eigenvalue weighted by molar-refractivity contribution is 0.0942. The number of nitrogens with zero attached hydrogens (tertiary/aromatic N) is 1. The Hall–Kier alpha value is -1.91. The Bertz CT molecular complexity index is 643. The predicted molar refractivity (Wildman–Crippen MR) is 86.6 cm³/mol. The molecule has 0 aromatic heterocycles. The van der Waals surface area contributed by atoms with E-state index in [1.54, 1.807) is 0 Å². The molecule has 0 bridgehead atoms. The Morgan fingerprint density at radius 2 is 1.82 bits per heavy atom. The van der Waals surface area contributed by atoms with Crippen LogP contribution in [0.5, 0.6) is 0 Å². The number of likely N-dealkylation sites (N-methyl/N-ethyl adjacent to an activating group) is 1. The highest BCUT2D eigenvalue weighted by Gasteiger charge is 2.18. The van der Waals surface area contributed by atoms with E-state index in [1.165, 1.54) is 24.3 Å². The molecule has 22 heavy (non-hydrogen) atoms. The zero-order valence-electron chi connectivity index (χ0n) is 12.5. The van der Waals surface area contributed by atoms with Crippen LogP contribution in [0.3, 0.4) is 0 Å². The van der Waals surface area contributed by atoms with Gasteiger partial charge in [-0.2, -0.15) is 0 Å². The van der Waals surface area contributed by atoms with Gasteiger partial charge < -0.3 is 10.2 Å². The fourth-order valence-electron chi connectivity index (χ4n) is 2.21. The maximum absolute atomic E-state index is 12.9. The number of carbonyl (C=O) groups is 1. The van der Waals surface area contributed by atoms with Crippen molar-refractivity contribution in [1.82, 2.24) is 10.2 Å². The van der Waals surface area contributed by atoms with Crippen molar-refractivity contribution in [2.45, 2.75) is 6.04 Å². The first-order valence-electron chi connectivity index (χ1n) is 6.93. The molecule has 2 aromatic carbocycles. The van der Waals surface area contributed by atoms with Crippen LogP contribution in [0.4, 0.5) is 4.39 Å². The van der Waals surface area contributed by atoms with Crippen molar-refractivity contribution < 1.29 is 9.18 Å².